The predicted octanol–water partition coefficient (Wildman–Crippen LogP) is 5.99. The van der Waals surface area contributed by atoms with Crippen molar-refractivity contribution < 1.29 is 13.6 Å². The highest BCUT2D eigenvalue weighted by Gasteiger charge is 2.55. The van der Waals surface area contributed by atoms with Crippen molar-refractivity contribution in [3.63, 3.8) is 0 Å². The van der Waals surface area contributed by atoms with Crippen LogP contribution in [0.5, 0.6) is 0 Å². The van der Waals surface area contributed by atoms with Gasteiger partial charge in [0.05, 0.1) is 11.7 Å². The monoisotopic (exact) mass is 398 g/mol. The van der Waals surface area contributed by atoms with Crippen LogP contribution in [0.25, 0.3) is 0 Å². The lowest BCUT2D eigenvalue weighted by Gasteiger charge is -2.41. The van der Waals surface area contributed by atoms with Gasteiger partial charge in [-0.05, 0) is 43.2 Å². The van der Waals surface area contributed by atoms with Crippen LogP contribution < -0.4 is 0 Å². The van der Waals surface area contributed by atoms with Gasteiger partial charge in [0.2, 0.25) is 0 Å². The maximum Gasteiger partial charge on any atom is 0.191 e. The molecule has 26 heavy (non-hydrogen) atoms. The van der Waals surface area contributed by atoms with Gasteiger partial charge in [0.1, 0.15) is 0 Å². The zero-order valence-corrected chi connectivity index (χ0v) is 21.0. The van der Waals surface area contributed by atoms with Crippen LogP contribution in [0, 0.1) is 11.8 Å². The average molecular weight is 399 g/mol. The molecule has 0 spiro atoms. The Hall–Kier alpha value is 0.0538. The normalized spacial score (nSPS) is 32.5. The Morgan fingerprint density at radius 1 is 0.885 bits per heavy atom. The van der Waals surface area contributed by atoms with E-state index in [1.165, 1.54) is 0 Å². The Balaban J connectivity index is 2.10. The first-order valence-electron chi connectivity index (χ1n) is 10.2. The van der Waals surface area contributed by atoms with Crippen molar-refractivity contribution in [3.8, 4) is 0 Å². The minimum absolute atomic E-state index is 0.179. The highest BCUT2D eigenvalue weighted by atomic mass is 28.4. The Bertz CT molecular complexity index is 542. The van der Waals surface area contributed by atoms with Gasteiger partial charge in [0.15, 0.2) is 16.6 Å². The summed E-state index contributed by atoms with van der Waals surface area (Å²) in [6, 6.07) is 0. The van der Waals surface area contributed by atoms with Gasteiger partial charge >= 0.3 is 0 Å². The molecule has 1 fully saturated rings. The maximum atomic E-state index is 6.61. The topological polar surface area (TPSA) is 27.7 Å². The van der Waals surface area contributed by atoms with E-state index < -0.39 is 16.6 Å². The quantitative estimate of drug-likeness (QED) is 0.406. The second-order valence-corrected chi connectivity index (χ2v) is 21.2. The van der Waals surface area contributed by atoms with E-state index in [-0.39, 0.29) is 21.8 Å². The third-order valence-electron chi connectivity index (χ3n) is 7.55. The van der Waals surface area contributed by atoms with E-state index in [1.54, 1.807) is 0 Å². The minimum atomic E-state index is -1.76. The smallest absolute Gasteiger partial charge is 0.191 e. The SMILES string of the molecule is CC(C)(C)[Si](C)(C)OC[C@H]1[C@@H](CO[Si](C)(C)C(C)(C)C)[C@]2(C)C=C[C@H]1O2. The van der Waals surface area contributed by atoms with E-state index in [0.29, 0.717) is 11.8 Å². The van der Waals surface area contributed by atoms with Gasteiger partial charge in [-0.3, -0.25) is 0 Å². The molecule has 0 aliphatic carbocycles. The highest BCUT2D eigenvalue weighted by molar-refractivity contribution is 6.74. The van der Waals surface area contributed by atoms with E-state index in [1.807, 2.05) is 0 Å². The number of ether oxygens (including phenoxy) is 1. The van der Waals surface area contributed by atoms with Crippen LogP contribution in [0.2, 0.25) is 36.3 Å². The molecule has 0 N–H and O–H groups in total. The van der Waals surface area contributed by atoms with E-state index in [9.17, 15) is 0 Å². The zero-order valence-electron chi connectivity index (χ0n) is 19.0. The number of hydrogen-bond acceptors (Lipinski definition) is 3. The summed E-state index contributed by atoms with van der Waals surface area (Å²) in [7, 11) is -3.52. The molecular weight excluding hydrogens is 356 g/mol. The summed E-state index contributed by atoms with van der Waals surface area (Å²) in [5.41, 5.74) is -0.200. The van der Waals surface area contributed by atoms with Crippen LogP contribution in [-0.2, 0) is 13.6 Å². The van der Waals surface area contributed by atoms with Crippen LogP contribution in [0.1, 0.15) is 48.5 Å². The first kappa shape index (κ1) is 22.3. The van der Waals surface area contributed by atoms with Crippen LogP contribution >= 0.6 is 0 Å². The largest absolute Gasteiger partial charge is 0.416 e. The molecule has 2 rings (SSSR count). The Kier molecular flexibility index (Phi) is 5.87. The van der Waals surface area contributed by atoms with Crippen molar-refractivity contribution in [1.82, 2.24) is 0 Å². The van der Waals surface area contributed by atoms with Crippen molar-refractivity contribution >= 4 is 16.6 Å². The van der Waals surface area contributed by atoms with Gasteiger partial charge < -0.3 is 13.6 Å². The molecule has 4 atom stereocenters. The van der Waals surface area contributed by atoms with E-state index >= 15 is 0 Å². The molecule has 2 aliphatic rings. The van der Waals surface area contributed by atoms with Gasteiger partial charge in [0.25, 0.3) is 0 Å². The number of hydrogen-bond donors (Lipinski definition) is 0. The van der Waals surface area contributed by atoms with Crippen LogP contribution in [0.15, 0.2) is 12.2 Å². The third-order valence-corrected chi connectivity index (χ3v) is 16.6. The van der Waals surface area contributed by atoms with E-state index in [2.05, 4.69) is 86.8 Å². The molecule has 0 unspecified atom stereocenters. The molecule has 1 saturated heterocycles. The van der Waals surface area contributed by atoms with Gasteiger partial charge in [-0.15, -0.1) is 0 Å². The average Bonchev–Trinajstić information content (AvgIpc) is 2.94. The second kappa shape index (κ2) is 6.83. The zero-order chi connectivity index (χ0) is 20.2. The standard InChI is InChI=1S/C21H42O3Si2/c1-19(2,3)25(8,9)22-14-16-17(21(7)13-12-18(16)24-21)15-23-26(10,11)20(4,5)6/h12-13,16-18H,14-15H2,1-11H3/t16-,17+,18+,21-/m0/s1. The highest BCUT2D eigenvalue weighted by Crippen LogP contribution is 2.49. The van der Waals surface area contributed by atoms with Crippen LogP contribution in [0.3, 0.4) is 0 Å². The van der Waals surface area contributed by atoms with Gasteiger partial charge in [-0.2, -0.15) is 0 Å². The number of rotatable bonds is 6. The molecule has 2 heterocycles. The summed E-state index contributed by atoms with van der Waals surface area (Å²) in [6.45, 7) is 26.9. The fourth-order valence-electron chi connectivity index (χ4n) is 3.29. The molecule has 0 saturated carbocycles. The molecule has 0 amide bonds. The molecule has 2 bridgehead atoms. The summed E-state index contributed by atoms with van der Waals surface area (Å²) in [6.07, 6.45) is 4.67. The van der Waals surface area contributed by atoms with Gasteiger partial charge in [0, 0.05) is 25.0 Å². The van der Waals surface area contributed by atoms with Crippen molar-refractivity contribution in [2.45, 2.75) is 96.4 Å². The molecule has 3 nitrogen and oxygen atoms in total. The summed E-state index contributed by atoms with van der Waals surface area (Å²) < 4.78 is 19.5. The van der Waals surface area contributed by atoms with E-state index in [4.69, 9.17) is 13.6 Å². The molecule has 2 aliphatic heterocycles. The maximum absolute atomic E-state index is 6.61. The third kappa shape index (κ3) is 4.22. The lowest BCUT2D eigenvalue weighted by atomic mass is 9.77. The summed E-state index contributed by atoms with van der Waals surface area (Å²) in [5, 5.41) is 0.466. The van der Waals surface area contributed by atoms with Gasteiger partial charge in [-0.25, -0.2) is 0 Å². The first-order chi connectivity index (χ1) is 11.5. The molecule has 0 aromatic carbocycles. The van der Waals surface area contributed by atoms with Crippen LogP contribution in [-0.4, -0.2) is 41.6 Å². The van der Waals surface area contributed by atoms with Gasteiger partial charge in [-0.1, -0.05) is 53.7 Å². The molecule has 0 aromatic heterocycles. The van der Waals surface area contributed by atoms with Crippen molar-refractivity contribution in [3.05, 3.63) is 12.2 Å². The van der Waals surface area contributed by atoms with Crippen molar-refractivity contribution in [1.29, 1.82) is 0 Å². The molecule has 152 valence electrons. The summed E-state index contributed by atoms with van der Waals surface area (Å²) in [4.78, 5) is 0. The fraction of sp³-hybridized carbons (Fsp3) is 0.905. The molecular formula is C21H42O3Si2. The Morgan fingerprint density at radius 3 is 1.81 bits per heavy atom. The molecule has 5 heteroatoms. The summed E-state index contributed by atoms with van der Waals surface area (Å²) >= 11 is 0. The molecule has 0 aromatic rings. The predicted molar refractivity (Wildman–Crippen MR) is 116 cm³/mol. The lowest BCUT2D eigenvalue weighted by molar-refractivity contribution is 0.0162. The second-order valence-electron chi connectivity index (χ2n) is 11.5. The van der Waals surface area contributed by atoms with E-state index in [0.717, 1.165) is 13.2 Å². The van der Waals surface area contributed by atoms with Crippen molar-refractivity contribution in [2.75, 3.05) is 13.2 Å². The Labute approximate surface area is 164 Å². The molecule has 0 radical (unpaired) electrons. The first-order valence-corrected chi connectivity index (χ1v) is 16.0. The van der Waals surface area contributed by atoms with Crippen molar-refractivity contribution in [2.24, 2.45) is 11.8 Å². The Morgan fingerprint density at radius 2 is 1.35 bits per heavy atom. The lowest BCUT2D eigenvalue weighted by Crippen LogP contribution is -2.47. The summed E-state index contributed by atoms with van der Waals surface area (Å²) in [5.74, 6) is 0.764. The number of fused-ring (bicyclic) bond motifs is 2. The van der Waals surface area contributed by atoms with Crippen LogP contribution in [0.4, 0.5) is 0 Å². The fourth-order valence-corrected chi connectivity index (χ4v) is 5.36. The minimum Gasteiger partial charge on any atom is -0.416 e.